The normalized spacial score (nSPS) is 19.2. The molecule has 1 unspecified atom stereocenters. The number of halogens is 1. The van der Waals surface area contributed by atoms with Gasteiger partial charge in [-0.05, 0) is 31.1 Å². The average molecular weight is 285 g/mol. The predicted molar refractivity (Wildman–Crippen MR) is 77.9 cm³/mol. The molecule has 1 atom stereocenters. The molecular weight excluding hydrogens is 264 g/mol. The van der Waals surface area contributed by atoms with Gasteiger partial charge in [-0.2, -0.15) is 15.0 Å². The number of hydrogen-bond acceptors (Lipinski definition) is 6. The Bertz CT molecular complexity index is 423. The lowest BCUT2D eigenvalue weighted by Gasteiger charge is -2.26. The number of nitrogens with zero attached hydrogens (tertiary/aromatic N) is 5. The van der Waals surface area contributed by atoms with Crippen molar-refractivity contribution in [3.8, 4) is 0 Å². The molecule has 1 aromatic rings. The molecule has 2 heterocycles. The van der Waals surface area contributed by atoms with E-state index in [4.69, 9.17) is 11.6 Å². The summed E-state index contributed by atoms with van der Waals surface area (Å²) in [6.45, 7) is 8.47. The number of hydrogen-bond donors (Lipinski definition) is 1. The fourth-order valence-electron chi connectivity index (χ4n) is 2.55. The second kappa shape index (κ2) is 6.34. The monoisotopic (exact) mass is 284 g/mol. The van der Waals surface area contributed by atoms with E-state index in [0.29, 0.717) is 17.9 Å². The van der Waals surface area contributed by atoms with E-state index in [0.717, 1.165) is 32.6 Å². The molecule has 0 spiro atoms. The van der Waals surface area contributed by atoms with Crippen molar-refractivity contribution in [2.75, 3.05) is 43.4 Å². The predicted octanol–water partition coefficient (Wildman–Crippen LogP) is 1.49. The minimum absolute atomic E-state index is 0.237. The van der Waals surface area contributed by atoms with Crippen molar-refractivity contribution in [1.29, 1.82) is 0 Å². The molecular formula is C12H21ClN6. The molecule has 1 aliphatic rings. The first-order valence-electron chi connectivity index (χ1n) is 6.76. The Morgan fingerprint density at radius 3 is 2.68 bits per heavy atom. The van der Waals surface area contributed by atoms with E-state index in [1.807, 2.05) is 0 Å². The third-order valence-electron chi connectivity index (χ3n) is 3.59. The fraction of sp³-hybridized carbons (Fsp3) is 0.750. The number of anilines is 2. The van der Waals surface area contributed by atoms with Crippen molar-refractivity contribution in [3.63, 3.8) is 0 Å². The maximum absolute atomic E-state index is 5.92. The first kappa shape index (κ1) is 14.3. The van der Waals surface area contributed by atoms with Gasteiger partial charge in [0, 0.05) is 26.2 Å². The highest BCUT2D eigenvalue weighted by Crippen LogP contribution is 2.21. The summed E-state index contributed by atoms with van der Waals surface area (Å²) in [6, 6.07) is 0.573. The standard InChI is InChI=1S/C12H21ClN6/c1-4-18(5-2)9-6-7-19(8-9)12-16-10(13)15-11(14-3)17-12/h9H,4-8H2,1-3H3,(H,14,15,16,17). The second-order valence-corrected chi connectivity index (χ2v) is 4.93. The summed E-state index contributed by atoms with van der Waals surface area (Å²) in [4.78, 5) is 17.2. The van der Waals surface area contributed by atoms with Crippen LogP contribution in [0.4, 0.5) is 11.9 Å². The molecule has 106 valence electrons. The van der Waals surface area contributed by atoms with Crippen LogP contribution in [0.15, 0.2) is 0 Å². The van der Waals surface area contributed by atoms with E-state index in [9.17, 15) is 0 Å². The van der Waals surface area contributed by atoms with Crippen LogP contribution in [-0.2, 0) is 0 Å². The van der Waals surface area contributed by atoms with Crippen molar-refractivity contribution in [3.05, 3.63) is 5.28 Å². The molecule has 0 amide bonds. The van der Waals surface area contributed by atoms with Gasteiger partial charge < -0.3 is 10.2 Å². The van der Waals surface area contributed by atoms with Crippen molar-refractivity contribution in [1.82, 2.24) is 19.9 Å². The molecule has 6 nitrogen and oxygen atoms in total. The zero-order valence-corrected chi connectivity index (χ0v) is 12.5. The van der Waals surface area contributed by atoms with Crippen LogP contribution in [0, 0.1) is 0 Å². The van der Waals surface area contributed by atoms with Crippen LogP contribution in [0.2, 0.25) is 5.28 Å². The van der Waals surface area contributed by atoms with Crippen molar-refractivity contribution in [2.24, 2.45) is 0 Å². The SMILES string of the molecule is CCN(CC)C1CCN(c2nc(Cl)nc(NC)n2)C1. The van der Waals surface area contributed by atoms with Crippen molar-refractivity contribution in [2.45, 2.75) is 26.3 Å². The molecule has 0 bridgehead atoms. The Morgan fingerprint density at radius 2 is 2.05 bits per heavy atom. The number of rotatable bonds is 5. The molecule has 1 N–H and O–H groups in total. The summed E-state index contributed by atoms with van der Waals surface area (Å²) in [5.41, 5.74) is 0. The van der Waals surface area contributed by atoms with Crippen LogP contribution < -0.4 is 10.2 Å². The van der Waals surface area contributed by atoms with Crippen molar-refractivity contribution < 1.29 is 0 Å². The van der Waals surface area contributed by atoms with Gasteiger partial charge >= 0.3 is 0 Å². The summed E-state index contributed by atoms with van der Waals surface area (Å²) >= 11 is 5.92. The van der Waals surface area contributed by atoms with Crippen molar-refractivity contribution >= 4 is 23.5 Å². The first-order chi connectivity index (χ1) is 9.17. The zero-order chi connectivity index (χ0) is 13.8. The van der Waals surface area contributed by atoms with Gasteiger partial charge in [-0.15, -0.1) is 0 Å². The molecule has 0 radical (unpaired) electrons. The second-order valence-electron chi connectivity index (χ2n) is 4.59. The summed E-state index contributed by atoms with van der Waals surface area (Å²) in [7, 11) is 1.78. The number of aromatic nitrogens is 3. The molecule has 2 rings (SSSR count). The van der Waals surface area contributed by atoms with Gasteiger partial charge in [0.15, 0.2) is 0 Å². The molecule has 19 heavy (non-hydrogen) atoms. The molecule has 7 heteroatoms. The first-order valence-corrected chi connectivity index (χ1v) is 7.14. The highest BCUT2D eigenvalue weighted by molar-refractivity contribution is 6.28. The van der Waals surface area contributed by atoms with E-state index < -0.39 is 0 Å². The highest BCUT2D eigenvalue weighted by atomic mass is 35.5. The van der Waals surface area contributed by atoms with Crippen LogP contribution in [-0.4, -0.2) is 59.1 Å². The Labute approximate surface area is 119 Å². The topological polar surface area (TPSA) is 57.2 Å². The Morgan fingerprint density at radius 1 is 1.32 bits per heavy atom. The third-order valence-corrected chi connectivity index (χ3v) is 3.76. The lowest BCUT2D eigenvalue weighted by Crippen LogP contribution is -2.37. The lowest BCUT2D eigenvalue weighted by molar-refractivity contribution is 0.232. The molecule has 1 aliphatic heterocycles. The van der Waals surface area contributed by atoms with E-state index in [1.54, 1.807) is 7.05 Å². The van der Waals surface area contributed by atoms with Gasteiger partial charge in [-0.25, -0.2) is 0 Å². The molecule has 1 saturated heterocycles. The average Bonchev–Trinajstić information content (AvgIpc) is 2.89. The van der Waals surface area contributed by atoms with E-state index in [1.165, 1.54) is 0 Å². The van der Waals surface area contributed by atoms with Gasteiger partial charge in [0.05, 0.1) is 0 Å². The summed E-state index contributed by atoms with van der Waals surface area (Å²) in [6.07, 6.45) is 1.14. The maximum atomic E-state index is 5.92. The van der Waals surface area contributed by atoms with E-state index in [2.05, 4.69) is 43.9 Å². The van der Waals surface area contributed by atoms with Crippen LogP contribution in [0.5, 0.6) is 0 Å². The fourth-order valence-corrected chi connectivity index (χ4v) is 2.71. The van der Waals surface area contributed by atoms with Gasteiger partial charge in [-0.3, -0.25) is 4.90 Å². The minimum Gasteiger partial charge on any atom is -0.357 e. The zero-order valence-electron chi connectivity index (χ0n) is 11.7. The molecule has 1 fully saturated rings. The lowest BCUT2D eigenvalue weighted by atomic mass is 10.2. The Balaban J connectivity index is 2.10. The maximum Gasteiger partial charge on any atom is 0.231 e. The van der Waals surface area contributed by atoms with E-state index in [-0.39, 0.29) is 5.28 Å². The summed E-state index contributed by atoms with van der Waals surface area (Å²) in [5.74, 6) is 1.18. The van der Waals surface area contributed by atoms with Gasteiger partial charge in [-0.1, -0.05) is 13.8 Å². The number of nitrogens with one attached hydrogen (secondary N) is 1. The summed E-state index contributed by atoms with van der Waals surface area (Å²) < 4.78 is 0. The molecule has 1 aromatic heterocycles. The van der Waals surface area contributed by atoms with Crippen LogP contribution >= 0.6 is 11.6 Å². The highest BCUT2D eigenvalue weighted by Gasteiger charge is 2.28. The minimum atomic E-state index is 0.237. The Hall–Kier alpha value is -1.14. The third kappa shape index (κ3) is 3.25. The van der Waals surface area contributed by atoms with Crippen LogP contribution in [0.3, 0.4) is 0 Å². The smallest absolute Gasteiger partial charge is 0.231 e. The van der Waals surface area contributed by atoms with Gasteiger partial charge in [0.25, 0.3) is 0 Å². The number of likely N-dealkylation sites (N-methyl/N-ethyl adjacent to an activating group) is 1. The van der Waals surface area contributed by atoms with Crippen LogP contribution in [0.1, 0.15) is 20.3 Å². The summed E-state index contributed by atoms with van der Waals surface area (Å²) in [5, 5.41) is 3.14. The van der Waals surface area contributed by atoms with Gasteiger partial charge in [0.1, 0.15) is 0 Å². The van der Waals surface area contributed by atoms with Crippen LogP contribution in [0.25, 0.3) is 0 Å². The quantitative estimate of drug-likeness (QED) is 0.884. The largest absolute Gasteiger partial charge is 0.357 e. The molecule has 0 saturated carbocycles. The van der Waals surface area contributed by atoms with E-state index >= 15 is 0 Å². The Kier molecular flexibility index (Phi) is 4.76. The molecule has 0 aliphatic carbocycles. The molecule has 0 aromatic carbocycles. The van der Waals surface area contributed by atoms with Gasteiger partial charge in [0.2, 0.25) is 17.2 Å².